The van der Waals surface area contributed by atoms with Gasteiger partial charge in [0.05, 0.1) is 19.2 Å². The van der Waals surface area contributed by atoms with Gasteiger partial charge in [0.25, 0.3) is 0 Å². The van der Waals surface area contributed by atoms with E-state index in [1.54, 1.807) is 17.4 Å². The molecular formula is C14H17NO3S. The summed E-state index contributed by atoms with van der Waals surface area (Å²) in [5.41, 5.74) is 0.448. The predicted molar refractivity (Wildman–Crippen MR) is 74.2 cm³/mol. The molecule has 1 unspecified atom stereocenters. The molecule has 2 rings (SSSR count). The molecule has 0 aliphatic rings. The van der Waals surface area contributed by atoms with Crippen molar-refractivity contribution in [1.82, 2.24) is 5.32 Å². The van der Waals surface area contributed by atoms with Crippen LogP contribution in [-0.2, 0) is 11.3 Å². The fourth-order valence-electron chi connectivity index (χ4n) is 1.86. The molecule has 2 heterocycles. The minimum atomic E-state index is -0.375. The lowest BCUT2D eigenvalue weighted by atomic mass is 10.2. The summed E-state index contributed by atoms with van der Waals surface area (Å²) < 4.78 is 9.98. The molecule has 2 aromatic rings. The normalized spacial score (nSPS) is 12.3. The van der Waals surface area contributed by atoms with Crippen molar-refractivity contribution in [3.05, 3.63) is 46.0 Å². The highest BCUT2D eigenvalue weighted by Crippen LogP contribution is 2.22. The fraction of sp³-hybridized carbons (Fsp3) is 0.357. The third kappa shape index (κ3) is 3.45. The number of nitrogens with one attached hydrogen (secondary N) is 1. The van der Waals surface area contributed by atoms with Crippen molar-refractivity contribution in [2.45, 2.75) is 25.9 Å². The van der Waals surface area contributed by atoms with Crippen LogP contribution in [0.4, 0.5) is 0 Å². The Hall–Kier alpha value is -1.59. The maximum absolute atomic E-state index is 11.3. The van der Waals surface area contributed by atoms with Crippen LogP contribution in [0, 0.1) is 0 Å². The number of rotatable bonds is 6. The summed E-state index contributed by atoms with van der Waals surface area (Å²) in [7, 11) is 1.36. The lowest BCUT2D eigenvalue weighted by Crippen LogP contribution is -2.19. The van der Waals surface area contributed by atoms with E-state index in [4.69, 9.17) is 4.42 Å². The van der Waals surface area contributed by atoms with Crippen molar-refractivity contribution in [2.75, 3.05) is 7.11 Å². The molecule has 0 radical (unpaired) electrons. The van der Waals surface area contributed by atoms with Crippen molar-refractivity contribution in [2.24, 2.45) is 0 Å². The second-order valence-corrected chi connectivity index (χ2v) is 5.13. The van der Waals surface area contributed by atoms with Gasteiger partial charge in [-0.2, -0.15) is 0 Å². The SMILES string of the molecule is CCC(NCc1cc(C(=O)OC)co1)c1cccs1. The first kappa shape index (κ1) is 13.8. The highest BCUT2D eigenvalue weighted by molar-refractivity contribution is 7.10. The molecular weight excluding hydrogens is 262 g/mol. The first-order valence-electron chi connectivity index (χ1n) is 6.17. The number of hydrogen-bond acceptors (Lipinski definition) is 5. The maximum atomic E-state index is 11.3. The van der Waals surface area contributed by atoms with Crippen LogP contribution in [0.1, 0.15) is 40.4 Å². The third-order valence-corrected chi connectivity index (χ3v) is 3.88. The van der Waals surface area contributed by atoms with Crippen LogP contribution < -0.4 is 5.32 Å². The van der Waals surface area contributed by atoms with Crippen LogP contribution in [0.25, 0.3) is 0 Å². The summed E-state index contributed by atoms with van der Waals surface area (Å²) in [6.45, 7) is 2.73. The second-order valence-electron chi connectivity index (χ2n) is 4.15. The van der Waals surface area contributed by atoms with Crippen molar-refractivity contribution < 1.29 is 13.9 Å². The van der Waals surface area contributed by atoms with Gasteiger partial charge in [-0.1, -0.05) is 13.0 Å². The van der Waals surface area contributed by atoms with Gasteiger partial charge in [-0.05, 0) is 23.9 Å². The van der Waals surface area contributed by atoms with Gasteiger partial charge in [0.1, 0.15) is 12.0 Å². The zero-order chi connectivity index (χ0) is 13.7. The van der Waals surface area contributed by atoms with Crippen molar-refractivity contribution >= 4 is 17.3 Å². The largest absolute Gasteiger partial charge is 0.467 e. The molecule has 0 saturated heterocycles. The number of methoxy groups -OCH3 is 1. The molecule has 0 aliphatic heterocycles. The minimum Gasteiger partial charge on any atom is -0.467 e. The number of carbonyl (C=O) groups excluding carboxylic acids is 1. The summed E-state index contributed by atoms with van der Waals surface area (Å²) in [6, 6.07) is 6.19. The van der Waals surface area contributed by atoms with Crippen LogP contribution in [0.15, 0.2) is 34.3 Å². The number of furan rings is 1. The van der Waals surface area contributed by atoms with Crippen molar-refractivity contribution in [3.63, 3.8) is 0 Å². The Kier molecular flexibility index (Phi) is 4.76. The van der Waals surface area contributed by atoms with E-state index in [0.29, 0.717) is 18.2 Å². The quantitative estimate of drug-likeness (QED) is 0.824. The van der Waals surface area contributed by atoms with Gasteiger partial charge >= 0.3 is 5.97 Å². The third-order valence-electron chi connectivity index (χ3n) is 2.89. The Morgan fingerprint density at radius 2 is 2.42 bits per heavy atom. The highest BCUT2D eigenvalue weighted by atomic mass is 32.1. The average Bonchev–Trinajstić information content (AvgIpc) is 3.09. The molecule has 0 saturated carbocycles. The average molecular weight is 279 g/mol. The molecule has 0 bridgehead atoms. The molecule has 0 aliphatic carbocycles. The molecule has 5 heteroatoms. The lowest BCUT2D eigenvalue weighted by molar-refractivity contribution is 0.0600. The number of carbonyl (C=O) groups is 1. The van der Waals surface area contributed by atoms with E-state index in [1.165, 1.54) is 18.3 Å². The van der Waals surface area contributed by atoms with Gasteiger partial charge in [0, 0.05) is 10.9 Å². The van der Waals surface area contributed by atoms with Crippen LogP contribution in [0.5, 0.6) is 0 Å². The molecule has 19 heavy (non-hydrogen) atoms. The summed E-state index contributed by atoms with van der Waals surface area (Å²) in [5, 5.41) is 5.49. The Balaban J connectivity index is 1.94. The van der Waals surface area contributed by atoms with Gasteiger partial charge in [-0.3, -0.25) is 0 Å². The smallest absolute Gasteiger partial charge is 0.341 e. The van der Waals surface area contributed by atoms with E-state index < -0.39 is 0 Å². The van der Waals surface area contributed by atoms with E-state index in [0.717, 1.165) is 12.2 Å². The number of thiophene rings is 1. The molecule has 0 aromatic carbocycles. The molecule has 0 amide bonds. The van der Waals surface area contributed by atoms with Crippen LogP contribution in [0.2, 0.25) is 0 Å². The monoisotopic (exact) mass is 279 g/mol. The standard InChI is InChI=1S/C14H17NO3S/c1-3-12(13-5-4-6-19-13)15-8-11-7-10(9-18-11)14(16)17-2/h4-7,9,12,15H,3,8H2,1-2H3. The summed E-state index contributed by atoms with van der Waals surface area (Å²) in [6.07, 6.45) is 2.43. The summed E-state index contributed by atoms with van der Waals surface area (Å²) in [5.74, 6) is 0.357. The predicted octanol–water partition coefficient (Wildman–Crippen LogP) is 3.37. The van der Waals surface area contributed by atoms with E-state index in [1.807, 2.05) is 6.07 Å². The Bertz CT molecular complexity index is 519. The van der Waals surface area contributed by atoms with Crippen LogP contribution >= 0.6 is 11.3 Å². The first-order valence-corrected chi connectivity index (χ1v) is 7.05. The molecule has 2 aromatic heterocycles. The number of hydrogen-bond donors (Lipinski definition) is 1. The van der Waals surface area contributed by atoms with Gasteiger partial charge in [-0.15, -0.1) is 11.3 Å². The van der Waals surface area contributed by atoms with E-state index in [2.05, 4.69) is 28.4 Å². The summed E-state index contributed by atoms with van der Waals surface area (Å²) >= 11 is 1.74. The summed E-state index contributed by atoms with van der Waals surface area (Å²) in [4.78, 5) is 12.6. The van der Waals surface area contributed by atoms with Gasteiger partial charge in [0.2, 0.25) is 0 Å². The lowest BCUT2D eigenvalue weighted by Gasteiger charge is -2.14. The van der Waals surface area contributed by atoms with Crippen LogP contribution in [0.3, 0.4) is 0 Å². The molecule has 1 N–H and O–H groups in total. The molecule has 1 atom stereocenters. The Morgan fingerprint density at radius 1 is 1.58 bits per heavy atom. The molecule has 102 valence electrons. The zero-order valence-electron chi connectivity index (χ0n) is 11.0. The minimum absolute atomic E-state index is 0.312. The van der Waals surface area contributed by atoms with Gasteiger partial charge in [-0.25, -0.2) is 4.79 Å². The van der Waals surface area contributed by atoms with Gasteiger partial charge in [0.15, 0.2) is 0 Å². The van der Waals surface area contributed by atoms with E-state index in [-0.39, 0.29) is 5.97 Å². The first-order chi connectivity index (χ1) is 9.24. The zero-order valence-corrected chi connectivity index (χ0v) is 11.8. The molecule has 4 nitrogen and oxygen atoms in total. The highest BCUT2D eigenvalue weighted by Gasteiger charge is 2.13. The van der Waals surface area contributed by atoms with Crippen LogP contribution in [-0.4, -0.2) is 13.1 Å². The number of esters is 1. The fourth-order valence-corrected chi connectivity index (χ4v) is 2.74. The van der Waals surface area contributed by atoms with E-state index in [9.17, 15) is 4.79 Å². The Morgan fingerprint density at radius 3 is 3.05 bits per heavy atom. The van der Waals surface area contributed by atoms with Gasteiger partial charge < -0.3 is 14.5 Å². The molecule has 0 fully saturated rings. The second kappa shape index (κ2) is 6.54. The number of ether oxygens (including phenoxy) is 1. The molecule has 0 spiro atoms. The van der Waals surface area contributed by atoms with Crippen molar-refractivity contribution in [3.8, 4) is 0 Å². The topological polar surface area (TPSA) is 51.5 Å². The maximum Gasteiger partial charge on any atom is 0.341 e. The Labute approximate surface area is 116 Å². The van der Waals surface area contributed by atoms with E-state index >= 15 is 0 Å². The van der Waals surface area contributed by atoms with Crippen molar-refractivity contribution in [1.29, 1.82) is 0 Å².